The molecule has 2 aromatic rings. The number of rotatable bonds is 4. The molecular weight excluding hydrogens is 244 g/mol. The van der Waals surface area contributed by atoms with Crippen molar-refractivity contribution in [3.05, 3.63) is 41.7 Å². The lowest BCUT2D eigenvalue weighted by molar-refractivity contribution is -0.142. The van der Waals surface area contributed by atoms with Crippen LogP contribution in [-0.4, -0.2) is 19.7 Å². The summed E-state index contributed by atoms with van der Waals surface area (Å²) in [6.07, 6.45) is 1.61. The quantitative estimate of drug-likeness (QED) is 0.792. The van der Waals surface area contributed by atoms with E-state index in [4.69, 9.17) is 9.15 Å². The van der Waals surface area contributed by atoms with Crippen LogP contribution in [-0.2, 0) is 9.53 Å². The van der Waals surface area contributed by atoms with Gasteiger partial charge in [-0.3, -0.25) is 0 Å². The maximum atomic E-state index is 11.2. The second-order valence-electron chi connectivity index (χ2n) is 4.30. The first kappa shape index (κ1) is 13.2. The van der Waals surface area contributed by atoms with Crippen LogP contribution in [0.15, 0.2) is 34.9 Å². The van der Waals surface area contributed by atoms with Crippen molar-refractivity contribution in [2.45, 2.75) is 13.8 Å². The first-order valence-corrected chi connectivity index (χ1v) is 5.96. The first-order valence-electron chi connectivity index (χ1n) is 5.96. The molecule has 1 aromatic heterocycles. The standard InChI is InChI=1S/C15H16O4/c1-10-7-11(2)15(19-9-14(16)17-3)12(8-10)13-5-4-6-18-13/h4-8H,9H2,1-3H3. The van der Waals surface area contributed by atoms with Crippen molar-refractivity contribution >= 4 is 5.97 Å². The maximum absolute atomic E-state index is 11.2. The zero-order chi connectivity index (χ0) is 13.8. The van der Waals surface area contributed by atoms with E-state index in [0.717, 1.165) is 16.7 Å². The molecule has 0 fully saturated rings. The highest BCUT2D eigenvalue weighted by atomic mass is 16.6. The third kappa shape index (κ3) is 2.96. The third-order valence-electron chi connectivity index (χ3n) is 2.77. The van der Waals surface area contributed by atoms with Gasteiger partial charge in [-0.25, -0.2) is 4.79 Å². The van der Waals surface area contributed by atoms with Crippen molar-refractivity contribution < 1.29 is 18.7 Å². The van der Waals surface area contributed by atoms with Crippen molar-refractivity contribution in [2.24, 2.45) is 0 Å². The molecule has 1 aromatic carbocycles. The van der Waals surface area contributed by atoms with Crippen molar-refractivity contribution in [3.63, 3.8) is 0 Å². The summed E-state index contributed by atoms with van der Waals surface area (Å²) < 4.78 is 15.6. The van der Waals surface area contributed by atoms with Gasteiger partial charge in [-0.2, -0.15) is 0 Å². The van der Waals surface area contributed by atoms with Crippen LogP contribution in [0.1, 0.15) is 11.1 Å². The fourth-order valence-electron chi connectivity index (χ4n) is 1.95. The van der Waals surface area contributed by atoms with E-state index in [0.29, 0.717) is 11.5 Å². The van der Waals surface area contributed by atoms with Gasteiger partial charge in [-0.15, -0.1) is 0 Å². The number of methoxy groups -OCH3 is 1. The predicted octanol–water partition coefficient (Wildman–Crippen LogP) is 3.12. The normalized spacial score (nSPS) is 10.3. The SMILES string of the molecule is COC(=O)COc1c(C)cc(C)cc1-c1ccco1. The number of hydrogen-bond acceptors (Lipinski definition) is 4. The van der Waals surface area contributed by atoms with Crippen LogP contribution in [0.25, 0.3) is 11.3 Å². The Morgan fingerprint density at radius 2 is 2.11 bits per heavy atom. The minimum absolute atomic E-state index is 0.117. The molecule has 2 rings (SSSR count). The molecule has 0 unspecified atom stereocenters. The summed E-state index contributed by atoms with van der Waals surface area (Å²) >= 11 is 0. The zero-order valence-corrected chi connectivity index (χ0v) is 11.2. The first-order chi connectivity index (χ1) is 9.11. The van der Waals surface area contributed by atoms with Gasteiger partial charge in [0, 0.05) is 0 Å². The van der Waals surface area contributed by atoms with Crippen LogP contribution in [0.5, 0.6) is 5.75 Å². The summed E-state index contributed by atoms with van der Waals surface area (Å²) in [7, 11) is 1.33. The Hall–Kier alpha value is -2.23. The van der Waals surface area contributed by atoms with Gasteiger partial charge in [-0.1, -0.05) is 6.07 Å². The number of carbonyl (C=O) groups excluding carboxylic acids is 1. The molecule has 0 amide bonds. The van der Waals surface area contributed by atoms with Crippen molar-refractivity contribution in [2.75, 3.05) is 13.7 Å². The summed E-state index contributed by atoms with van der Waals surface area (Å²) in [5.41, 5.74) is 2.90. The number of ether oxygens (including phenoxy) is 2. The lowest BCUT2D eigenvalue weighted by Gasteiger charge is -2.13. The Bertz CT molecular complexity index is 570. The highest BCUT2D eigenvalue weighted by molar-refractivity contribution is 5.73. The Balaban J connectivity index is 2.38. The summed E-state index contributed by atoms with van der Waals surface area (Å²) in [6.45, 7) is 3.82. The molecule has 0 N–H and O–H groups in total. The molecule has 4 nitrogen and oxygen atoms in total. The molecule has 0 radical (unpaired) electrons. The largest absolute Gasteiger partial charge is 0.481 e. The Labute approximate surface area is 111 Å². The van der Waals surface area contributed by atoms with Crippen LogP contribution >= 0.6 is 0 Å². The predicted molar refractivity (Wildman–Crippen MR) is 71.1 cm³/mol. The second kappa shape index (κ2) is 5.61. The van der Waals surface area contributed by atoms with Crippen LogP contribution in [0.2, 0.25) is 0 Å². The molecule has 0 saturated carbocycles. The lowest BCUT2D eigenvalue weighted by atomic mass is 10.0. The van der Waals surface area contributed by atoms with Gasteiger partial charge in [0.15, 0.2) is 6.61 Å². The van der Waals surface area contributed by atoms with E-state index >= 15 is 0 Å². The van der Waals surface area contributed by atoms with Crippen molar-refractivity contribution in [1.82, 2.24) is 0 Å². The van der Waals surface area contributed by atoms with E-state index in [1.807, 2.05) is 38.1 Å². The molecule has 4 heteroatoms. The highest BCUT2D eigenvalue weighted by Crippen LogP contribution is 2.34. The Morgan fingerprint density at radius 3 is 2.74 bits per heavy atom. The van der Waals surface area contributed by atoms with E-state index < -0.39 is 5.97 Å². The van der Waals surface area contributed by atoms with Gasteiger partial charge in [0.05, 0.1) is 18.9 Å². The van der Waals surface area contributed by atoms with Gasteiger partial charge in [-0.05, 0) is 43.2 Å². The Kier molecular flexibility index (Phi) is 3.90. The van der Waals surface area contributed by atoms with E-state index in [1.165, 1.54) is 7.11 Å². The van der Waals surface area contributed by atoms with Crippen LogP contribution in [0.4, 0.5) is 0 Å². The topological polar surface area (TPSA) is 48.7 Å². The maximum Gasteiger partial charge on any atom is 0.343 e. The zero-order valence-electron chi connectivity index (χ0n) is 11.2. The smallest absolute Gasteiger partial charge is 0.343 e. The number of aryl methyl sites for hydroxylation is 2. The fraction of sp³-hybridized carbons (Fsp3) is 0.267. The molecule has 0 saturated heterocycles. The van der Waals surface area contributed by atoms with Gasteiger partial charge in [0.25, 0.3) is 0 Å². The molecule has 0 aliphatic heterocycles. The molecule has 0 aliphatic rings. The number of esters is 1. The summed E-state index contributed by atoms with van der Waals surface area (Å²) in [6, 6.07) is 7.65. The lowest BCUT2D eigenvalue weighted by Crippen LogP contribution is -2.13. The van der Waals surface area contributed by atoms with Crippen LogP contribution < -0.4 is 4.74 Å². The van der Waals surface area contributed by atoms with Gasteiger partial charge < -0.3 is 13.9 Å². The highest BCUT2D eigenvalue weighted by Gasteiger charge is 2.14. The average Bonchev–Trinajstić information content (AvgIpc) is 2.90. The monoisotopic (exact) mass is 260 g/mol. The molecule has 0 bridgehead atoms. The Morgan fingerprint density at radius 1 is 1.32 bits per heavy atom. The van der Waals surface area contributed by atoms with Gasteiger partial charge in [0.2, 0.25) is 0 Å². The molecule has 100 valence electrons. The third-order valence-corrected chi connectivity index (χ3v) is 2.77. The number of furan rings is 1. The molecule has 0 spiro atoms. The second-order valence-corrected chi connectivity index (χ2v) is 4.30. The van der Waals surface area contributed by atoms with Crippen molar-refractivity contribution in [1.29, 1.82) is 0 Å². The molecular formula is C15H16O4. The molecule has 19 heavy (non-hydrogen) atoms. The van der Waals surface area contributed by atoms with E-state index in [2.05, 4.69) is 4.74 Å². The summed E-state index contributed by atoms with van der Waals surface area (Å²) in [5.74, 6) is 0.947. The van der Waals surface area contributed by atoms with E-state index in [9.17, 15) is 4.79 Å². The van der Waals surface area contributed by atoms with E-state index in [-0.39, 0.29) is 6.61 Å². The fourth-order valence-corrected chi connectivity index (χ4v) is 1.95. The molecule has 0 aliphatic carbocycles. The van der Waals surface area contributed by atoms with Gasteiger partial charge in [0.1, 0.15) is 11.5 Å². The average molecular weight is 260 g/mol. The van der Waals surface area contributed by atoms with Crippen LogP contribution in [0.3, 0.4) is 0 Å². The number of benzene rings is 1. The van der Waals surface area contributed by atoms with Crippen molar-refractivity contribution in [3.8, 4) is 17.1 Å². The number of carbonyl (C=O) groups is 1. The minimum Gasteiger partial charge on any atom is -0.481 e. The minimum atomic E-state index is -0.412. The number of hydrogen-bond donors (Lipinski definition) is 0. The van der Waals surface area contributed by atoms with Crippen LogP contribution in [0, 0.1) is 13.8 Å². The van der Waals surface area contributed by atoms with Gasteiger partial charge >= 0.3 is 5.97 Å². The summed E-state index contributed by atoms with van der Waals surface area (Å²) in [4.78, 5) is 11.2. The summed E-state index contributed by atoms with van der Waals surface area (Å²) in [5, 5.41) is 0. The van der Waals surface area contributed by atoms with E-state index in [1.54, 1.807) is 6.26 Å². The molecule has 0 atom stereocenters. The molecule has 1 heterocycles.